The number of halogens is 1. The van der Waals surface area contributed by atoms with E-state index in [2.05, 4.69) is 53.8 Å². The van der Waals surface area contributed by atoms with Crippen molar-refractivity contribution in [2.75, 3.05) is 39.5 Å². The largest absolute Gasteiger partial charge is 0.494 e. The van der Waals surface area contributed by atoms with Crippen molar-refractivity contribution in [3.8, 4) is 34.2 Å². The van der Waals surface area contributed by atoms with Gasteiger partial charge in [0.25, 0.3) is 0 Å². The van der Waals surface area contributed by atoms with Gasteiger partial charge in [0.2, 0.25) is 0 Å². The second-order valence-electron chi connectivity index (χ2n) is 11.1. The number of aryl methyl sites for hydroxylation is 1. The molecule has 0 aliphatic heterocycles. The quantitative estimate of drug-likeness (QED) is 0.0898. The van der Waals surface area contributed by atoms with Gasteiger partial charge < -0.3 is 23.7 Å². The van der Waals surface area contributed by atoms with Crippen molar-refractivity contribution in [2.24, 2.45) is 0 Å². The van der Waals surface area contributed by atoms with E-state index in [1.54, 1.807) is 0 Å². The Bertz CT molecular complexity index is 1580. The monoisotopic (exact) mass is 637 g/mol. The number of imidazole rings is 1. The summed E-state index contributed by atoms with van der Waals surface area (Å²) in [5.74, 6) is 3.59. The summed E-state index contributed by atoms with van der Waals surface area (Å²) in [6.45, 7) is 9.52. The summed E-state index contributed by atoms with van der Waals surface area (Å²) in [7, 11) is 0. The maximum Gasteiger partial charge on any atom is 0.119 e. The summed E-state index contributed by atoms with van der Waals surface area (Å²) in [6, 6.07) is 34.3. The third-order valence-corrected chi connectivity index (χ3v) is 8.21. The molecule has 4 aromatic carbocycles. The van der Waals surface area contributed by atoms with E-state index < -0.39 is 0 Å². The smallest absolute Gasteiger partial charge is 0.119 e. The van der Waals surface area contributed by atoms with Gasteiger partial charge in [0.15, 0.2) is 0 Å². The third-order valence-electron chi connectivity index (χ3n) is 7.96. The number of hydrogen-bond donors (Lipinski definition) is 0. The van der Waals surface area contributed by atoms with Gasteiger partial charge in [-0.15, -0.1) is 0 Å². The Morgan fingerprint density at radius 2 is 1.26 bits per heavy atom. The van der Waals surface area contributed by atoms with Crippen LogP contribution in [0.15, 0.2) is 109 Å². The SMILES string of the molecule is CCN(CC)CCCOc1ccc(-n2cc(-c3ccc(OCCc4ccc(Cl)cc4)cc3)nc2CCCOc2ccccc2)cc1. The molecule has 7 heteroatoms. The molecule has 0 unspecified atom stereocenters. The Kier molecular flexibility index (Phi) is 12.6. The number of benzene rings is 4. The molecule has 0 saturated carbocycles. The van der Waals surface area contributed by atoms with Crippen LogP contribution in [0.4, 0.5) is 0 Å². The molecule has 0 fully saturated rings. The number of aromatic nitrogens is 2. The van der Waals surface area contributed by atoms with Gasteiger partial charge in [-0.1, -0.05) is 55.8 Å². The van der Waals surface area contributed by atoms with Crippen LogP contribution in [0.1, 0.15) is 38.1 Å². The molecular formula is C39H44ClN3O3. The van der Waals surface area contributed by atoms with E-state index in [4.69, 9.17) is 30.8 Å². The molecule has 1 heterocycles. The average Bonchev–Trinajstić information content (AvgIpc) is 3.53. The van der Waals surface area contributed by atoms with E-state index >= 15 is 0 Å². The number of para-hydroxylation sites is 1. The van der Waals surface area contributed by atoms with Crippen molar-refractivity contribution >= 4 is 11.6 Å². The van der Waals surface area contributed by atoms with Crippen LogP contribution in [-0.2, 0) is 12.8 Å². The zero-order valence-electron chi connectivity index (χ0n) is 26.9. The van der Waals surface area contributed by atoms with Crippen molar-refractivity contribution in [1.82, 2.24) is 14.5 Å². The first-order valence-electron chi connectivity index (χ1n) is 16.3. The Morgan fingerprint density at radius 3 is 1.93 bits per heavy atom. The van der Waals surface area contributed by atoms with Crippen molar-refractivity contribution in [1.29, 1.82) is 0 Å². The lowest BCUT2D eigenvalue weighted by Gasteiger charge is -2.17. The lowest BCUT2D eigenvalue weighted by Crippen LogP contribution is -2.25. The number of nitrogens with zero attached hydrogens (tertiary/aromatic N) is 3. The second-order valence-corrected chi connectivity index (χ2v) is 11.6. The average molecular weight is 638 g/mol. The summed E-state index contributed by atoms with van der Waals surface area (Å²) < 4.78 is 20.2. The van der Waals surface area contributed by atoms with Crippen molar-refractivity contribution < 1.29 is 14.2 Å². The maximum atomic E-state index is 6.05. The van der Waals surface area contributed by atoms with Crippen LogP contribution < -0.4 is 14.2 Å². The highest BCUT2D eigenvalue weighted by atomic mass is 35.5. The highest BCUT2D eigenvalue weighted by Crippen LogP contribution is 2.26. The highest BCUT2D eigenvalue weighted by Gasteiger charge is 2.13. The summed E-state index contributed by atoms with van der Waals surface area (Å²) in [5.41, 5.74) is 4.21. The van der Waals surface area contributed by atoms with Gasteiger partial charge in [-0.25, -0.2) is 4.98 Å². The first kappa shape index (κ1) is 33.1. The summed E-state index contributed by atoms with van der Waals surface area (Å²) in [4.78, 5) is 7.49. The summed E-state index contributed by atoms with van der Waals surface area (Å²) in [5, 5.41) is 0.745. The zero-order chi connectivity index (χ0) is 32.0. The van der Waals surface area contributed by atoms with Crippen LogP contribution in [0.5, 0.6) is 17.2 Å². The lowest BCUT2D eigenvalue weighted by molar-refractivity contribution is 0.249. The first-order chi connectivity index (χ1) is 22.6. The van der Waals surface area contributed by atoms with Crippen LogP contribution in [0.2, 0.25) is 5.02 Å². The molecule has 0 amide bonds. The van der Waals surface area contributed by atoms with Crippen LogP contribution in [0, 0.1) is 0 Å². The molecule has 240 valence electrons. The van der Waals surface area contributed by atoms with E-state index in [0.717, 1.165) is 90.4 Å². The van der Waals surface area contributed by atoms with Gasteiger partial charge in [0.1, 0.15) is 23.1 Å². The lowest BCUT2D eigenvalue weighted by atomic mass is 10.1. The molecule has 5 aromatic rings. The molecule has 6 nitrogen and oxygen atoms in total. The topological polar surface area (TPSA) is 48.8 Å². The van der Waals surface area contributed by atoms with Crippen molar-refractivity contribution in [3.63, 3.8) is 0 Å². The van der Waals surface area contributed by atoms with Gasteiger partial charge in [0.05, 0.1) is 25.5 Å². The minimum atomic E-state index is 0.598. The Morgan fingerprint density at radius 1 is 0.652 bits per heavy atom. The molecule has 0 N–H and O–H groups in total. The first-order valence-corrected chi connectivity index (χ1v) is 16.7. The Balaban J connectivity index is 1.24. The van der Waals surface area contributed by atoms with Crippen LogP contribution in [0.3, 0.4) is 0 Å². The predicted molar refractivity (Wildman–Crippen MR) is 188 cm³/mol. The van der Waals surface area contributed by atoms with E-state index in [9.17, 15) is 0 Å². The molecule has 0 spiro atoms. The molecular weight excluding hydrogens is 594 g/mol. The Labute approximate surface area is 278 Å². The Hall–Kier alpha value is -4.26. The second kappa shape index (κ2) is 17.4. The van der Waals surface area contributed by atoms with Crippen LogP contribution >= 0.6 is 11.6 Å². The van der Waals surface area contributed by atoms with Gasteiger partial charge in [0, 0.05) is 41.9 Å². The van der Waals surface area contributed by atoms with Crippen molar-refractivity contribution in [3.05, 3.63) is 126 Å². The summed E-state index contributed by atoms with van der Waals surface area (Å²) in [6.07, 6.45) is 5.57. The van der Waals surface area contributed by atoms with E-state index in [1.807, 2.05) is 78.9 Å². The fraction of sp³-hybridized carbons (Fsp3) is 0.308. The zero-order valence-corrected chi connectivity index (χ0v) is 27.7. The van der Waals surface area contributed by atoms with Crippen LogP contribution in [0.25, 0.3) is 16.9 Å². The minimum absolute atomic E-state index is 0.598. The standard InChI is InChI=1S/C39H44ClN3O3/c1-3-42(4-2)26-9-28-45-37-23-19-34(20-24-37)43-30-38(41-39(43)12-8-27-44-35-10-6-5-7-11-35)32-15-21-36(22-16-32)46-29-25-31-13-17-33(40)18-14-31/h5-7,10-11,13-24,30H,3-4,8-9,12,25-29H2,1-2H3. The molecule has 0 aliphatic carbocycles. The third kappa shape index (κ3) is 9.87. The molecule has 46 heavy (non-hydrogen) atoms. The molecule has 1 aromatic heterocycles. The van der Waals surface area contributed by atoms with Gasteiger partial charge in [-0.2, -0.15) is 0 Å². The van der Waals surface area contributed by atoms with Crippen LogP contribution in [-0.4, -0.2) is 53.9 Å². The van der Waals surface area contributed by atoms with Crippen molar-refractivity contribution in [2.45, 2.75) is 39.5 Å². The molecule has 0 saturated heterocycles. The van der Waals surface area contributed by atoms with E-state index in [0.29, 0.717) is 19.8 Å². The number of hydrogen-bond acceptors (Lipinski definition) is 5. The summed E-state index contributed by atoms with van der Waals surface area (Å²) >= 11 is 6.00. The maximum absolute atomic E-state index is 6.05. The molecule has 0 aliphatic rings. The fourth-order valence-electron chi connectivity index (χ4n) is 5.28. The highest BCUT2D eigenvalue weighted by molar-refractivity contribution is 6.30. The van der Waals surface area contributed by atoms with Gasteiger partial charge in [-0.3, -0.25) is 0 Å². The van der Waals surface area contributed by atoms with E-state index in [-0.39, 0.29) is 0 Å². The number of rotatable bonds is 18. The van der Waals surface area contributed by atoms with Gasteiger partial charge in [-0.05, 0) is 104 Å². The molecule has 5 rings (SSSR count). The number of ether oxygens (including phenoxy) is 3. The normalized spacial score (nSPS) is 11.1. The molecule has 0 bridgehead atoms. The molecule has 0 atom stereocenters. The fourth-order valence-corrected chi connectivity index (χ4v) is 5.40. The molecule has 0 radical (unpaired) electrons. The van der Waals surface area contributed by atoms with Gasteiger partial charge >= 0.3 is 0 Å². The minimum Gasteiger partial charge on any atom is -0.494 e. The predicted octanol–water partition coefficient (Wildman–Crippen LogP) is 8.94. The van der Waals surface area contributed by atoms with E-state index in [1.165, 1.54) is 5.56 Å².